The van der Waals surface area contributed by atoms with Crippen LogP contribution in [-0.4, -0.2) is 25.5 Å². The maximum atomic E-state index is 12.4. The van der Waals surface area contributed by atoms with Crippen molar-refractivity contribution in [3.63, 3.8) is 0 Å². The minimum atomic E-state index is -0.229. The second kappa shape index (κ2) is 6.12. The van der Waals surface area contributed by atoms with Crippen molar-refractivity contribution in [1.82, 2.24) is 19.6 Å². The van der Waals surface area contributed by atoms with Crippen molar-refractivity contribution in [2.45, 2.75) is 41.2 Å². The van der Waals surface area contributed by atoms with Gasteiger partial charge in [0.05, 0.1) is 45.9 Å². The molecule has 0 spiro atoms. The summed E-state index contributed by atoms with van der Waals surface area (Å²) in [5.74, 6) is -0.282. The lowest BCUT2D eigenvalue weighted by atomic mass is 10.1. The number of halogens is 1. The first-order chi connectivity index (χ1) is 10.2. The average molecular weight is 324 g/mol. The Kier molecular flexibility index (Phi) is 4.60. The zero-order valence-electron chi connectivity index (χ0n) is 13.9. The van der Waals surface area contributed by atoms with E-state index in [1.807, 2.05) is 41.7 Å². The number of nitrogens with one attached hydrogen (secondary N) is 1. The van der Waals surface area contributed by atoms with Crippen LogP contribution in [0.15, 0.2) is 0 Å². The molecule has 1 N–H and O–H groups in total. The van der Waals surface area contributed by atoms with E-state index in [0.717, 1.165) is 28.5 Å². The minimum Gasteiger partial charge on any atom is -0.323 e. The molecule has 1 amide bonds. The number of nitrogens with zero attached hydrogens (tertiary/aromatic N) is 4. The van der Waals surface area contributed by atoms with Gasteiger partial charge in [-0.3, -0.25) is 14.2 Å². The molecule has 0 aliphatic heterocycles. The molecule has 0 saturated carbocycles. The van der Waals surface area contributed by atoms with Gasteiger partial charge in [0.1, 0.15) is 0 Å². The monoisotopic (exact) mass is 323 g/mol. The van der Waals surface area contributed by atoms with Gasteiger partial charge in [-0.1, -0.05) is 18.5 Å². The molecule has 0 aromatic carbocycles. The van der Waals surface area contributed by atoms with Crippen molar-refractivity contribution >= 4 is 23.2 Å². The lowest BCUT2D eigenvalue weighted by Gasteiger charge is -2.13. The Bertz CT molecular complexity index is 716. The van der Waals surface area contributed by atoms with E-state index in [2.05, 4.69) is 15.5 Å². The Hall–Kier alpha value is -1.82. The van der Waals surface area contributed by atoms with E-state index < -0.39 is 0 Å². The smallest absolute Gasteiger partial charge is 0.229 e. The number of hydrogen-bond acceptors (Lipinski definition) is 3. The molecule has 120 valence electrons. The molecule has 1 atom stereocenters. The molecule has 6 nitrogen and oxygen atoms in total. The van der Waals surface area contributed by atoms with Gasteiger partial charge in [-0.05, 0) is 27.7 Å². The van der Waals surface area contributed by atoms with E-state index in [1.165, 1.54) is 0 Å². The number of aromatic nitrogens is 4. The van der Waals surface area contributed by atoms with E-state index in [0.29, 0.717) is 11.6 Å². The van der Waals surface area contributed by atoms with Crippen LogP contribution in [0.2, 0.25) is 5.02 Å². The summed E-state index contributed by atoms with van der Waals surface area (Å²) in [6, 6.07) is 0. The lowest BCUT2D eigenvalue weighted by molar-refractivity contribution is -0.119. The Labute approximate surface area is 135 Å². The molecule has 2 aromatic heterocycles. The molecule has 2 rings (SSSR count). The first-order valence-electron chi connectivity index (χ1n) is 7.23. The second-order valence-electron chi connectivity index (χ2n) is 5.73. The third kappa shape index (κ3) is 3.02. The van der Waals surface area contributed by atoms with E-state index in [4.69, 9.17) is 11.6 Å². The SMILES string of the molecule is Cc1nn(CC(C)C(=O)Nc2c(C)nn(C)c2C)c(C)c1Cl. The van der Waals surface area contributed by atoms with Gasteiger partial charge >= 0.3 is 0 Å². The van der Waals surface area contributed by atoms with Crippen LogP contribution in [0.3, 0.4) is 0 Å². The number of aryl methyl sites for hydroxylation is 3. The lowest BCUT2D eigenvalue weighted by Crippen LogP contribution is -2.25. The standard InChI is InChI=1S/C15H22ClN5O/c1-8(7-21-11(4)13(16)9(2)19-21)15(22)17-14-10(3)18-20(6)12(14)5/h8H,7H2,1-6H3,(H,17,22). The topological polar surface area (TPSA) is 64.7 Å². The molecule has 22 heavy (non-hydrogen) atoms. The quantitative estimate of drug-likeness (QED) is 0.941. The van der Waals surface area contributed by atoms with Gasteiger partial charge in [-0.2, -0.15) is 10.2 Å². The molecular formula is C15H22ClN5O. The normalized spacial score (nSPS) is 12.5. The zero-order valence-corrected chi connectivity index (χ0v) is 14.6. The number of carbonyl (C=O) groups is 1. The molecule has 7 heteroatoms. The number of hydrogen-bond donors (Lipinski definition) is 1. The molecule has 0 fully saturated rings. The van der Waals surface area contributed by atoms with Crippen LogP contribution in [0, 0.1) is 33.6 Å². The van der Waals surface area contributed by atoms with Gasteiger partial charge in [-0.25, -0.2) is 0 Å². The summed E-state index contributed by atoms with van der Waals surface area (Å²) in [6.07, 6.45) is 0. The van der Waals surface area contributed by atoms with E-state index in [9.17, 15) is 4.79 Å². The van der Waals surface area contributed by atoms with Gasteiger partial charge < -0.3 is 5.32 Å². The van der Waals surface area contributed by atoms with Gasteiger partial charge in [0.15, 0.2) is 0 Å². The van der Waals surface area contributed by atoms with Crippen LogP contribution >= 0.6 is 11.6 Å². The second-order valence-corrected chi connectivity index (χ2v) is 6.10. The molecule has 1 unspecified atom stereocenters. The van der Waals surface area contributed by atoms with Crippen LogP contribution in [0.1, 0.15) is 29.7 Å². The largest absolute Gasteiger partial charge is 0.323 e. The fourth-order valence-corrected chi connectivity index (χ4v) is 2.53. The Morgan fingerprint density at radius 1 is 1.18 bits per heavy atom. The van der Waals surface area contributed by atoms with Crippen LogP contribution in [0.25, 0.3) is 0 Å². The highest BCUT2D eigenvalue weighted by Gasteiger charge is 2.20. The summed E-state index contributed by atoms with van der Waals surface area (Å²) in [7, 11) is 1.86. The maximum Gasteiger partial charge on any atom is 0.229 e. The van der Waals surface area contributed by atoms with Gasteiger partial charge in [-0.15, -0.1) is 0 Å². The summed E-state index contributed by atoms with van der Waals surface area (Å²) in [5, 5.41) is 12.3. The van der Waals surface area contributed by atoms with Crippen LogP contribution < -0.4 is 5.32 Å². The fraction of sp³-hybridized carbons (Fsp3) is 0.533. The Balaban J connectivity index is 2.11. The number of amides is 1. The van der Waals surface area contributed by atoms with E-state index in [1.54, 1.807) is 9.36 Å². The molecule has 0 aliphatic rings. The highest BCUT2D eigenvalue weighted by molar-refractivity contribution is 6.31. The van der Waals surface area contributed by atoms with E-state index >= 15 is 0 Å². The summed E-state index contributed by atoms with van der Waals surface area (Å²) >= 11 is 6.14. The van der Waals surface area contributed by atoms with Crippen molar-refractivity contribution in [2.75, 3.05) is 5.32 Å². The highest BCUT2D eigenvalue weighted by Crippen LogP contribution is 2.22. The van der Waals surface area contributed by atoms with Crippen molar-refractivity contribution in [3.05, 3.63) is 27.8 Å². The fourth-order valence-electron chi connectivity index (χ4n) is 2.40. The van der Waals surface area contributed by atoms with Crippen LogP contribution in [0.4, 0.5) is 5.69 Å². The summed E-state index contributed by atoms with van der Waals surface area (Å²) in [5.41, 5.74) is 4.20. The first-order valence-corrected chi connectivity index (χ1v) is 7.60. The third-order valence-corrected chi connectivity index (χ3v) is 4.49. The van der Waals surface area contributed by atoms with Crippen molar-refractivity contribution in [2.24, 2.45) is 13.0 Å². The number of anilines is 1. The molecule has 0 saturated heterocycles. The maximum absolute atomic E-state index is 12.4. The zero-order chi connectivity index (χ0) is 16.6. The first kappa shape index (κ1) is 16.5. The molecule has 2 heterocycles. The number of carbonyl (C=O) groups excluding carboxylic acids is 1. The molecule has 2 aromatic rings. The van der Waals surface area contributed by atoms with E-state index in [-0.39, 0.29) is 11.8 Å². The average Bonchev–Trinajstić information content (AvgIpc) is 2.83. The molecule has 0 bridgehead atoms. The highest BCUT2D eigenvalue weighted by atomic mass is 35.5. The Morgan fingerprint density at radius 3 is 2.27 bits per heavy atom. The minimum absolute atomic E-state index is 0.0529. The van der Waals surface area contributed by atoms with Gasteiger partial charge in [0.25, 0.3) is 0 Å². The molecule has 0 radical (unpaired) electrons. The third-order valence-electron chi connectivity index (χ3n) is 3.94. The van der Waals surface area contributed by atoms with Crippen LogP contribution in [-0.2, 0) is 18.4 Å². The molecular weight excluding hydrogens is 302 g/mol. The predicted octanol–water partition coefficient (Wildman–Crippen LogP) is 2.78. The van der Waals surface area contributed by atoms with Gasteiger partial charge in [0.2, 0.25) is 5.91 Å². The van der Waals surface area contributed by atoms with Crippen molar-refractivity contribution in [3.8, 4) is 0 Å². The van der Waals surface area contributed by atoms with Crippen LogP contribution in [0.5, 0.6) is 0 Å². The summed E-state index contributed by atoms with van der Waals surface area (Å²) in [4.78, 5) is 12.4. The predicted molar refractivity (Wildman–Crippen MR) is 87.2 cm³/mol. The number of rotatable bonds is 4. The molecule has 0 aliphatic carbocycles. The summed E-state index contributed by atoms with van der Waals surface area (Å²) in [6.45, 7) is 9.95. The van der Waals surface area contributed by atoms with Crippen molar-refractivity contribution in [1.29, 1.82) is 0 Å². The summed E-state index contributed by atoms with van der Waals surface area (Å²) < 4.78 is 3.54. The van der Waals surface area contributed by atoms with Gasteiger partial charge in [0, 0.05) is 7.05 Å². The van der Waals surface area contributed by atoms with Crippen molar-refractivity contribution < 1.29 is 4.79 Å². The Morgan fingerprint density at radius 2 is 1.82 bits per heavy atom.